The van der Waals surface area contributed by atoms with Crippen LogP contribution in [0.15, 0.2) is 18.2 Å². The molecule has 0 aliphatic rings. The third-order valence-corrected chi connectivity index (χ3v) is 2.36. The van der Waals surface area contributed by atoms with Crippen LogP contribution in [0.25, 0.3) is 0 Å². The number of hydrogen-bond donors (Lipinski definition) is 2. The van der Waals surface area contributed by atoms with E-state index in [0.717, 1.165) is 11.3 Å². The lowest BCUT2D eigenvalue weighted by Crippen LogP contribution is -2.21. The van der Waals surface area contributed by atoms with Gasteiger partial charge in [0.2, 0.25) is 0 Å². The SMILES string of the molecule is Cc1ccc(C#N)c(NCC(O)CCl)c1. The van der Waals surface area contributed by atoms with Crippen molar-refractivity contribution in [2.24, 2.45) is 0 Å². The molecule has 1 unspecified atom stereocenters. The van der Waals surface area contributed by atoms with Gasteiger partial charge in [-0.05, 0) is 24.6 Å². The first-order chi connectivity index (χ1) is 7.17. The smallest absolute Gasteiger partial charge is 0.101 e. The summed E-state index contributed by atoms with van der Waals surface area (Å²) in [6, 6.07) is 7.59. The molecule has 0 aliphatic heterocycles. The summed E-state index contributed by atoms with van der Waals surface area (Å²) in [5.41, 5.74) is 2.38. The van der Waals surface area contributed by atoms with Crippen LogP contribution >= 0.6 is 11.6 Å². The monoisotopic (exact) mass is 224 g/mol. The van der Waals surface area contributed by atoms with Crippen LogP contribution in [0.2, 0.25) is 0 Å². The van der Waals surface area contributed by atoms with Gasteiger partial charge < -0.3 is 10.4 Å². The van der Waals surface area contributed by atoms with Crippen molar-refractivity contribution in [1.82, 2.24) is 0 Å². The predicted molar refractivity (Wildman–Crippen MR) is 61.1 cm³/mol. The summed E-state index contributed by atoms with van der Waals surface area (Å²) in [5, 5.41) is 21.1. The van der Waals surface area contributed by atoms with Gasteiger partial charge in [0.15, 0.2) is 0 Å². The molecule has 0 fully saturated rings. The van der Waals surface area contributed by atoms with E-state index in [1.54, 1.807) is 6.07 Å². The van der Waals surface area contributed by atoms with Crippen molar-refractivity contribution in [3.8, 4) is 6.07 Å². The first kappa shape index (κ1) is 11.8. The third-order valence-electron chi connectivity index (χ3n) is 2.00. The summed E-state index contributed by atoms with van der Waals surface area (Å²) in [7, 11) is 0. The van der Waals surface area contributed by atoms with Gasteiger partial charge in [0.1, 0.15) is 6.07 Å². The molecule has 2 N–H and O–H groups in total. The topological polar surface area (TPSA) is 56.0 Å². The minimum atomic E-state index is -0.598. The molecule has 0 spiro atoms. The molecular formula is C11H13ClN2O. The number of anilines is 1. The maximum Gasteiger partial charge on any atom is 0.101 e. The summed E-state index contributed by atoms with van der Waals surface area (Å²) in [5.74, 6) is 0.181. The van der Waals surface area contributed by atoms with Gasteiger partial charge in [0, 0.05) is 6.54 Å². The number of rotatable bonds is 4. The largest absolute Gasteiger partial charge is 0.390 e. The zero-order chi connectivity index (χ0) is 11.3. The Kier molecular flexibility index (Phi) is 4.41. The Morgan fingerprint density at radius 2 is 2.33 bits per heavy atom. The Morgan fingerprint density at radius 1 is 1.60 bits per heavy atom. The van der Waals surface area contributed by atoms with Gasteiger partial charge in [-0.15, -0.1) is 11.6 Å². The Hall–Kier alpha value is -1.24. The highest BCUT2D eigenvalue weighted by Gasteiger charge is 2.05. The van der Waals surface area contributed by atoms with Gasteiger partial charge >= 0.3 is 0 Å². The lowest BCUT2D eigenvalue weighted by atomic mass is 10.1. The molecule has 1 rings (SSSR count). The van der Waals surface area contributed by atoms with Crippen LogP contribution in [0, 0.1) is 18.3 Å². The zero-order valence-corrected chi connectivity index (χ0v) is 9.25. The molecule has 0 saturated carbocycles. The maximum absolute atomic E-state index is 9.27. The quantitative estimate of drug-likeness (QED) is 0.768. The Balaban J connectivity index is 2.75. The van der Waals surface area contributed by atoms with E-state index in [0.29, 0.717) is 12.1 Å². The number of aliphatic hydroxyl groups excluding tert-OH is 1. The van der Waals surface area contributed by atoms with E-state index in [2.05, 4.69) is 11.4 Å². The van der Waals surface area contributed by atoms with Crippen molar-refractivity contribution >= 4 is 17.3 Å². The Morgan fingerprint density at radius 3 is 2.93 bits per heavy atom. The van der Waals surface area contributed by atoms with Crippen LogP contribution < -0.4 is 5.32 Å². The van der Waals surface area contributed by atoms with Gasteiger partial charge in [-0.25, -0.2) is 0 Å². The summed E-state index contributed by atoms with van der Waals surface area (Å²) in [6.45, 7) is 2.30. The molecule has 0 saturated heterocycles. The molecule has 15 heavy (non-hydrogen) atoms. The lowest BCUT2D eigenvalue weighted by molar-refractivity contribution is 0.211. The standard InChI is InChI=1S/C11H13ClN2O/c1-8-2-3-9(6-13)11(4-8)14-7-10(15)5-12/h2-4,10,14-15H,5,7H2,1H3. The van der Waals surface area contributed by atoms with Crippen LogP contribution in [-0.4, -0.2) is 23.6 Å². The number of aryl methyl sites for hydroxylation is 1. The van der Waals surface area contributed by atoms with Crippen LogP contribution in [0.4, 0.5) is 5.69 Å². The fraction of sp³-hybridized carbons (Fsp3) is 0.364. The first-order valence-electron chi connectivity index (χ1n) is 4.66. The van der Waals surface area contributed by atoms with Crippen LogP contribution in [0.5, 0.6) is 0 Å². The number of aliphatic hydroxyl groups is 1. The highest BCUT2D eigenvalue weighted by molar-refractivity contribution is 6.18. The molecule has 0 heterocycles. The van der Waals surface area contributed by atoms with E-state index in [1.807, 2.05) is 19.1 Å². The van der Waals surface area contributed by atoms with Gasteiger partial charge in [0.25, 0.3) is 0 Å². The average Bonchev–Trinajstić information content (AvgIpc) is 2.26. The van der Waals surface area contributed by atoms with Crippen molar-refractivity contribution in [2.75, 3.05) is 17.7 Å². The van der Waals surface area contributed by atoms with E-state index in [9.17, 15) is 5.11 Å². The van der Waals surface area contributed by atoms with Gasteiger partial charge in [-0.1, -0.05) is 6.07 Å². The average molecular weight is 225 g/mol. The Labute approximate surface area is 94.3 Å². The van der Waals surface area contributed by atoms with Crippen LogP contribution in [0.3, 0.4) is 0 Å². The van der Waals surface area contributed by atoms with E-state index in [4.69, 9.17) is 16.9 Å². The number of alkyl halides is 1. The molecule has 0 aliphatic carbocycles. The number of nitriles is 1. The number of hydrogen-bond acceptors (Lipinski definition) is 3. The van der Waals surface area contributed by atoms with Crippen molar-refractivity contribution < 1.29 is 5.11 Å². The molecule has 1 aromatic rings. The molecular weight excluding hydrogens is 212 g/mol. The van der Waals surface area contributed by atoms with Gasteiger partial charge in [-0.3, -0.25) is 0 Å². The van der Waals surface area contributed by atoms with Crippen LogP contribution in [-0.2, 0) is 0 Å². The summed E-state index contributed by atoms with van der Waals surface area (Å²) >= 11 is 5.47. The molecule has 80 valence electrons. The minimum absolute atomic E-state index is 0.181. The van der Waals surface area contributed by atoms with E-state index >= 15 is 0 Å². The second-order valence-electron chi connectivity index (χ2n) is 3.35. The first-order valence-corrected chi connectivity index (χ1v) is 5.19. The lowest BCUT2D eigenvalue weighted by Gasteiger charge is -2.11. The molecule has 3 nitrogen and oxygen atoms in total. The highest BCUT2D eigenvalue weighted by atomic mass is 35.5. The summed E-state index contributed by atoms with van der Waals surface area (Å²) in [4.78, 5) is 0. The second kappa shape index (κ2) is 5.59. The Bertz CT molecular complexity index is 373. The van der Waals surface area contributed by atoms with E-state index in [-0.39, 0.29) is 5.88 Å². The molecule has 0 amide bonds. The summed E-state index contributed by atoms with van der Waals surface area (Å²) < 4.78 is 0. The fourth-order valence-electron chi connectivity index (χ4n) is 1.18. The van der Waals surface area contributed by atoms with Crippen LogP contribution in [0.1, 0.15) is 11.1 Å². The van der Waals surface area contributed by atoms with Gasteiger partial charge in [0.05, 0.1) is 23.2 Å². The number of nitrogens with one attached hydrogen (secondary N) is 1. The van der Waals surface area contributed by atoms with E-state index in [1.165, 1.54) is 0 Å². The fourth-order valence-corrected chi connectivity index (χ4v) is 1.29. The van der Waals surface area contributed by atoms with Crippen molar-refractivity contribution in [3.63, 3.8) is 0 Å². The number of nitrogens with zero attached hydrogens (tertiary/aromatic N) is 1. The number of halogens is 1. The highest BCUT2D eigenvalue weighted by Crippen LogP contribution is 2.16. The maximum atomic E-state index is 9.27. The van der Waals surface area contributed by atoms with E-state index < -0.39 is 6.10 Å². The van der Waals surface area contributed by atoms with Crippen molar-refractivity contribution in [1.29, 1.82) is 5.26 Å². The zero-order valence-electron chi connectivity index (χ0n) is 8.50. The molecule has 0 bridgehead atoms. The molecule has 0 aromatic heterocycles. The van der Waals surface area contributed by atoms with Gasteiger partial charge in [-0.2, -0.15) is 5.26 Å². The number of benzene rings is 1. The second-order valence-corrected chi connectivity index (χ2v) is 3.66. The van der Waals surface area contributed by atoms with Crippen molar-refractivity contribution in [2.45, 2.75) is 13.0 Å². The molecule has 1 aromatic carbocycles. The molecule has 0 radical (unpaired) electrons. The predicted octanol–water partition coefficient (Wildman–Crippen LogP) is 1.88. The normalized spacial score (nSPS) is 11.9. The summed E-state index contributed by atoms with van der Waals surface area (Å²) in [6.07, 6.45) is -0.598. The molecule has 4 heteroatoms. The minimum Gasteiger partial charge on any atom is -0.390 e. The third kappa shape index (κ3) is 3.43. The van der Waals surface area contributed by atoms with Crippen molar-refractivity contribution in [3.05, 3.63) is 29.3 Å². The molecule has 1 atom stereocenters.